The second-order valence-corrected chi connectivity index (χ2v) is 3.29. The summed E-state index contributed by atoms with van der Waals surface area (Å²) in [6.45, 7) is 0.421. The predicted octanol–water partition coefficient (Wildman–Crippen LogP) is 0.784. The number of hydrogen-bond acceptors (Lipinski definition) is 3. The number of rotatable bonds is 6. The largest absolute Gasteiger partial charge is 0.480 e. The molecule has 0 aliphatic carbocycles. The van der Waals surface area contributed by atoms with Crippen LogP contribution in [-0.4, -0.2) is 29.3 Å². The number of hydrogen-bond donors (Lipinski definition) is 3. The van der Waals surface area contributed by atoms with E-state index in [1.165, 1.54) is 0 Å². The summed E-state index contributed by atoms with van der Waals surface area (Å²) < 4.78 is 0. The van der Waals surface area contributed by atoms with E-state index in [1.807, 2.05) is 30.3 Å². The maximum absolute atomic E-state index is 10.2. The van der Waals surface area contributed by atoms with Crippen molar-refractivity contribution in [2.45, 2.75) is 12.5 Å². The van der Waals surface area contributed by atoms with Gasteiger partial charge in [-0.15, -0.1) is 0 Å². The molecule has 1 unspecified atom stereocenters. The molecule has 82 valence electrons. The highest BCUT2D eigenvalue weighted by molar-refractivity contribution is 5.68. The fraction of sp³-hybridized carbons (Fsp3) is 0.364. The molecule has 0 spiro atoms. The van der Waals surface area contributed by atoms with Gasteiger partial charge in [-0.25, -0.2) is 0 Å². The average molecular weight is 209 g/mol. The number of aliphatic hydroxyl groups excluding tert-OH is 1. The first-order valence-corrected chi connectivity index (χ1v) is 4.85. The molecule has 0 aromatic heterocycles. The fourth-order valence-corrected chi connectivity index (χ4v) is 1.28. The average Bonchev–Trinajstić information content (AvgIpc) is 2.25. The van der Waals surface area contributed by atoms with Gasteiger partial charge in [-0.05, 0) is 18.5 Å². The lowest BCUT2D eigenvalue weighted by atomic mass is 10.1. The van der Waals surface area contributed by atoms with E-state index in [4.69, 9.17) is 5.11 Å². The van der Waals surface area contributed by atoms with E-state index in [9.17, 15) is 9.90 Å². The molecule has 4 heteroatoms. The standard InChI is InChI=1S/C11H15NO3/c13-10(6-7-12-8-11(14)15)9-4-2-1-3-5-9/h1-5,10,12-13H,6-8H2,(H,14,15). The quantitative estimate of drug-likeness (QED) is 0.606. The topological polar surface area (TPSA) is 69.6 Å². The molecule has 0 heterocycles. The molecule has 0 radical (unpaired) electrons. The second kappa shape index (κ2) is 6.16. The normalized spacial score (nSPS) is 12.3. The molecule has 0 aliphatic rings. The van der Waals surface area contributed by atoms with E-state index >= 15 is 0 Å². The Balaban J connectivity index is 2.25. The van der Waals surface area contributed by atoms with Gasteiger partial charge in [-0.2, -0.15) is 0 Å². The minimum absolute atomic E-state index is 0.0679. The maximum atomic E-state index is 10.2. The molecular weight excluding hydrogens is 194 g/mol. The molecule has 15 heavy (non-hydrogen) atoms. The first-order valence-electron chi connectivity index (χ1n) is 4.85. The van der Waals surface area contributed by atoms with Crippen molar-refractivity contribution in [2.24, 2.45) is 0 Å². The van der Waals surface area contributed by atoms with E-state index in [2.05, 4.69) is 5.32 Å². The Labute approximate surface area is 88.6 Å². The summed E-state index contributed by atoms with van der Waals surface area (Å²) >= 11 is 0. The fourth-order valence-electron chi connectivity index (χ4n) is 1.28. The monoisotopic (exact) mass is 209 g/mol. The molecule has 0 aliphatic heterocycles. The van der Waals surface area contributed by atoms with E-state index in [0.29, 0.717) is 13.0 Å². The Morgan fingerprint density at radius 1 is 1.33 bits per heavy atom. The van der Waals surface area contributed by atoms with Crippen molar-refractivity contribution >= 4 is 5.97 Å². The van der Waals surface area contributed by atoms with Crippen LogP contribution in [0.1, 0.15) is 18.1 Å². The maximum Gasteiger partial charge on any atom is 0.317 e. The summed E-state index contributed by atoms with van der Waals surface area (Å²) in [5, 5.41) is 20.8. The van der Waals surface area contributed by atoms with Crippen molar-refractivity contribution < 1.29 is 15.0 Å². The van der Waals surface area contributed by atoms with Gasteiger partial charge in [0.2, 0.25) is 0 Å². The van der Waals surface area contributed by atoms with Gasteiger partial charge in [0.15, 0.2) is 0 Å². The summed E-state index contributed by atoms with van der Waals surface area (Å²) in [4.78, 5) is 10.2. The van der Waals surface area contributed by atoms with Gasteiger partial charge in [-0.3, -0.25) is 4.79 Å². The van der Waals surface area contributed by atoms with Crippen LogP contribution in [0.2, 0.25) is 0 Å². The van der Waals surface area contributed by atoms with E-state index in [0.717, 1.165) is 5.56 Å². The van der Waals surface area contributed by atoms with E-state index < -0.39 is 12.1 Å². The van der Waals surface area contributed by atoms with E-state index in [1.54, 1.807) is 0 Å². The minimum atomic E-state index is -0.885. The molecule has 0 saturated heterocycles. The molecule has 0 amide bonds. The zero-order chi connectivity index (χ0) is 11.1. The first-order chi connectivity index (χ1) is 7.20. The minimum Gasteiger partial charge on any atom is -0.480 e. The number of carbonyl (C=O) groups is 1. The predicted molar refractivity (Wildman–Crippen MR) is 56.5 cm³/mol. The number of aliphatic hydroxyl groups is 1. The molecule has 1 aromatic rings. The molecule has 4 nitrogen and oxygen atoms in total. The molecular formula is C11H15NO3. The number of carboxylic acids is 1. The van der Waals surface area contributed by atoms with Gasteiger partial charge in [0.05, 0.1) is 12.6 Å². The van der Waals surface area contributed by atoms with Crippen LogP contribution < -0.4 is 5.32 Å². The second-order valence-electron chi connectivity index (χ2n) is 3.29. The third-order valence-corrected chi connectivity index (χ3v) is 2.06. The van der Waals surface area contributed by atoms with Crippen molar-refractivity contribution in [3.63, 3.8) is 0 Å². The molecule has 1 aromatic carbocycles. The molecule has 3 N–H and O–H groups in total. The smallest absolute Gasteiger partial charge is 0.317 e. The van der Waals surface area contributed by atoms with E-state index in [-0.39, 0.29) is 6.54 Å². The molecule has 1 atom stereocenters. The van der Waals surface area contributed by atoms with Crippen LogP contribution in [0.15, 0.2) is 30.3 Å². The highest BCUT2D eigenvalue weighted by atomic mass is 16.4. The van der Waals surface area contributed by atoms with Crippen LogP contribution >= 0.6 is 0 Å². The lowest BCUT2D eigenvalue weighted by Crippen LogP contribution is -2.24. The van der Waals surface area contributed by atoms with Crippen LogP contribution in [-0.2, 0) is 4.79 Å². The number of aliphatic carboxylic acids is 1. The summed E-state index contributed by atoms with van der Waals surface area (Å²) in [6, 6.07) is 9.31. The van der Waals surface area contributed by atoms with Crippen molar-refractivity contribution in [2.75, 3.05) is 13.1 Å². The van der Waals surface area contributed by atoms with Crippen LogP contribution in [0.4, 0.5) is 0 Å². The van der Waals surface area contributed by atoms with Gasteiger partial charge < -0.3 is 15.5 Å². The third-order valence-electron chi connectivity index (χ3n) is 2.06. The van der Waals surface area contributed by atoms with Crippen molar-refractivity contribution in [1.82, 2.24) is 5.32 Å². The van der Waals surface area contributed by atoms with Crippen molar-refractivity contribution in [3.8, 4) is 0 Å². The number of nitrogens with one attached hydrogen (secondary N) is 1. The van der Waals surface area contributed by atoms with Crippen molar-refractivity contribution in [3.05, 3.63) is 35.9 Å². The summed E-state index contributed by atoms with van der Waals surface area (Å²) in [5.74, 6) is -0.885. The lowest BCUT2D eigenvalue weighted by molar-refractivity contribution is -0.135. The van der Waals surface area contributed by atoms with Crippen molar-refractivity contribution in [1.29, 1.82) is 0 Å². The van der Waals surface area contributed by atoms with Gasteiger partial charge >= 0.3 is 5.97 Å². The van der Waals surface area contributed by atoms with Gasteiger partial charge in [0.1, 0.15) is 0 Å². The molecule has 1 rings (SSSR count). The number of benzene rings is 1. The number of carboxylic acid groups (broad SMARTS) is 1. The van der Waals surface area contributed by atoms with Gasteiger partial charge in [-0.1, -0.05) is 30.3 Å². The zero-order valence-corrected chi connectivity index (χ0v) is 8.39. The Hall–Kier alpha value is -1.39. The van der Waals surface area contributed by atoms with Crippen LogP contribution in [0.5, 0.6) is 0 Å². The van der Waals surface area contributed by atoms with Crippen LogP contribution in [0.25, 0.3) is 0 Å². The lowest BCUT2D eigenvalue weighted by Gasteiger charge is -2.10. The molecule has 0 bridgehead atoms. The van der Waals surface area contributed by atoms with Crippen LogP contribution in [0.3, 0.4) is 0 Å². The summed E-state index contributed by atoms with van der Waals surface area (Å²) in [6.07, 6.45) is -0.0235. The highest BCUT2D eigenvalue weighted by Gasteiger charge is 2.06. The Kier molecular flexibility index (Phi) is 4.80. The Morgan fingerprint density at radius 3 is 2.60 bits per heavy atom. The zero-order valence-electron chi connectivity index (χ0n) is 8.39. The Morgan fingerprint density at radius 2 is 2.00 bits per heavy atom. The van der Waals surface area contributed by atoms with Gasteiger partial charge in [0.25, 0.3) is 0 Å². The summed E-state index contributed by atoms with van der Waals surface area (Å²) in [7, 11) is 0. The highest BCUT2D eigenvalue weighted by Crippen LogP contribution is 2.14. The molecule has 0 saturated carbocycles. The summed E-state index contributed by atoms with van der Waals surface area (Å²) in [5.41, 5.74) is 0.856. The first kappa shape index (κ1) is 11.7. The molecule has 0 fully saturated rings. The van der Waals surface area contributed by atoms with Gasteiger partial charge in [0, 0.05) is 0 Å². The third kappa shape index (κ3) is 4.58. The van der Waals surface area contributed by atoms with Crippen LogP contribution in [0, 0.1) is 0 Å². The SMILES string of the molecule is O=C(O)CNCCC(O)c1ccccc1. The Bertz CT molecular complexity index is 300.